The van der Waals surface area contributed by atoms with E-state index in [0.29, 0.717) is 0 Å². The lowest BCUT2D eigenvalue weighted by Crippen LogP contribution is -2.28. The summed E-state index contributed by atoms with van der Waals surface area (Å²) in [6.07, 6.45) is -0.552. The topological polar surface area (TPSA) is 69.0 Å². The molecule has 1 atom stereocenters. The number of nitrogens with zero attached hydrogens (tertiary/aromatic N) is 3. The molecule has 0 saturated carbocycles. The second-order valence-electron chi connectivity index (χ2n) is 3.30. The van der Waals surface area contributed by atoms with Crippen molar-refractivity contribution in [2.45, 2.75) is 26.9 Å². The molecule has 0 heterocycles. The van der Waals surface area contributed by atoms with Crippen LogP contribution in [0.5, 0.6) is 0 Å². The van der Waals surface area contributed by atoms with E-state index in [9.17, 15) is 5.11 Å². The van der Waals surface area contributed by atoms with Crippen LogP contribution in [0, 0.1) is 5.41 Å². The van der Waals surface area contributed by atoms with Crippen molar-refractivity contribution in [1.29, 1.82) is 0 Å². The van der Waals surface area contributed by atoms with E-state index in [0.717, 1.165) is 0 Å². The summed E-state index contributed by atoms with van der Waals surface area (Å²) in [6.45, 7) is 5.83. The van der Waals surface area contributed by atoms with Gasteiger partial charge in [-0.2, -0.15) is 0 Å². The zero-order valence-corrected chi connectivity index (χ0v) is 6.57. The molecule has 4 heteroatoms. The Kier molecular flexibility index (Phi) is 3.19. The van der Waals surface area contributed by atoms with Gasteiger partial charge in [-0.15, -0.1) is 0 Å². The molecule has 0 radical (unpaired) electrons. The van der Waals surface area contributed by atoms with E-state index >= 15 is 0 Å². The molecule has 0 aromatic heterocycles. The molecule has 0 aliphatic heterocycles. The minimum absolute atomic E-state index is 0.153. The van der Waals surface area contributed by atoms with Gasteiger partial charge in [0.2, 0.25) is 0 Å². The van der Waals surface area contributed by atoms with E-state index in [1.54, 1.807) is 0 Å². The number of hydrogen-bond donors (Lipinski definition) is 1. The molecule has 0 aromatic rings. The third-order valence-corrected chi connectivity index (χ3v) is 1.32. The first-order valence-electron chi connectivity index (χ1n) is 3.17. The molecule has 0 fully saturated rings. The molecular formula is C6H13N3O. The van der Waals surface area contributed by atoms with Crippen molar-refractivity contribution in [2.75, 3.05) is 6.54 Å². The van der Waals surface area contributed by atoms with E-state index in [2.05, 4.69) is 10.0 Å². The molecule has 0 aliphatic rings. The highest BCUT2D eigenvalue weighted by Gasteiger charge is 2.20. The zero-order chi connectivity index (χ0) is 8.20. The molecule has 0 spiro atoms. The molecule has 0 unspecified atom stereocenters. The zero-order valence-electron chi connectivity index (χ0n) is 6.57. The van der Waals surface area contributed by atoms with Crippen LogP contribution in [0.1, 0.15) is 20.8 Å². The van der Waals surface area contributed by atoms with Crippen LogP contribution in [0.3, 0.4) is 0 Å². The Morgan fingerprint density at radius 3 is 2.40 bits per heavy atom. The van der Waals surface area contributed by atoms with Crippen molar-refractivity contribution in [1.82, 2.24) is 0 Å². The fraction of sp³-hybridized carbons (Fsp3) is 1.00. The van der Waals surface area contributed by atoms with Crippen molar-refractivity contribution < 1.29 is 5.11 Å². The summed E-state index contributed by atoms with van der Waals surface area (Å²) in [5.74, 6) is 0. The van der Waals surface area contributed by atoms with Gasteiger partial charge in [0.25, 0.3) is 0 Å². The number of hydrogen-bond acceptors (Lipinski definition) is 2. The summed E-state index contributed by atoms with van der Waals surface area (Å²) in [5.41, 5.74) is 7.73. The van der Waals surface area contributed by atoms with Crippen LogP contribution in [0.25, 0.3) is 10.4 Å². The lowest BCUT2D eigenvalue weighted by molar-refractivity contribution is 0.0710. The van der Waals surface area contributed by atoms with Gasteiger partial charge in [0.1, 0.15) is 0 Å². The van der Waals surface area contributed by atoms with E-state index in [1.807, 2.05) is 20.8 Å². The normalized spacial score (nSPS) is 14.0. The maximum Gasteiger partial charge on any atom is 0.0644 e. The van der Waals surface area contributed by atoms with Crippen molar-refractivity contribution in [3.63, 3.8) is 0 Å². The molecule has 58 valence electrons. The number of rotatable bonds is 2. The Labute approximate surface area is 60.5 Å². The number of aliphatic hydroxyl groups is 1. The second kappa shape index (κ2) is 3.44. The van der Waals surface area contributed by atoms with Crippen LogP contribution < -0.4 is 0 Å². The number of aliphatic hydroxyl groups excluding tert-OH is 1. The summed E-state index contributed by atoms with van der Waals surface area (Å²) < 4.78 is 0. The molecule has 0 amide bonds. The highest BCUT2D eigenvalue weighted by atomic mass is 16.3. The SMILES string of the molecule is CC(C)(C)[C@@H](O)CN=[N+]=[N-]. The Balaban J connectivity index is 3.84. The van der Waals surface area contributed by atoms with Gasteiger partial charge in [-0.1, -0.05) is 25.9 Å². The smallest absolute Gasteiger partial charge is 0.0644 e. The largest absolute Gasteiger partial charge is 0.392 e. The molecule has 0 rings (SSSR count). The maximum atomic E-state index is 9.25. The van der Waals surface area contributed by atoms with Crippen molar-refractivity contribution >= 4 is 0 Å². The van der Waals surface area contributed by atoms with Crippen molar-refractivity contribution in [3.05, 3.63) is 10.4 Å². The van der Waals surface area contributed by atoms with Gasteiger partial charge in [-0.05, 0) is 10.9 Å². The Morgan fingerprint density at radius 1 is 1.60 bits per heavy atom. The highest BCUT2D eigenvalue weighted by Crippen LogP contribution is 2.18. The first-order chi connectivity index (χ1) is 4.48. The predicted octanol–water partition coefficient (Wildman–Crippen LogP) is 1.70. The second-order valence-corrected chi connectivity index (χ2v) is 3.30. The van der Waals surface area contributed by atoms with Crippen molar-refractivity contribution in [3.8, 4) is 0 Å². The van der Waals surface area contributed by atoms with E-state index in [4.69, 9.17) is 5.53 Å². The lowest BCUT2D eigenvalue weighted by atomic mass is 9.89. The summed E-state index contributed by atoms with van der Waals surface area (Å²) in [6, 6.07) is 0. The van der Waals surface area contributed by atoms with Crippen LogP contribution >= 0.6 is 0 Å². The first-order valence-corrected chi connectivity index (χ1v) is 3.17. The van der Waals surface area contributed by atoms with Gasteiger partial charge in [-0.3, -0.25) is 0 Å². The molecule has 1 N–H and O–H groups in total. The first kappa shape index (κ1) is 9.27. The standard InChI is InChI=1S/C6H13N3O/c1-6(2,3)5(10)4-8-9-7/h5,10H,4H2,1-3H3/t5-/m0/s1. The van der Waals surface area contributed by atoms with Crippen LogP contribution in [0.2, 0.25) is 0 Å². The minimum Gasteiger partial charge on any atom is -0.392 e. The van der Waals surface area contributed by atoms with Gasteiger partial charge in [0.05, 0.1) is 12.6 Å². The molecule has 4 nitrogen and oxygen atoms in total. The molecule has 0 aliphatic carbocycles. The predicted molar refractivity (Wildman–Crippen MR) is 39.5 cm³/mol. The van der Waals surface area contributed by atoms with E-state index in [1.165, 1.54) is 0 Å². The Bertz CT molecular complexity index is 144. The third kappa shape index (κ3) is 3.33. The van der Waals surface area contributed by atoms with Crippen LogP contribution in [-0.2, 0) is 0 Å². The van der Waals surface area contributed by atoms with Gasteiger partial charge in [0, 0.05) is 4.91 Å². The average Bonchev–Trinajstić information content (AvgIpc) is 1.80. The molecular weight excluding hydrogens is 130 g/mol. The quantitative estimate of drug-likeness (QED) is 0.357. The average molecular weight is 143 g/mol. The summed E-state index contributed by atoms with van der Waals surface area (Å²) >= 11 is 0. The van der Waals surface area contributed by atoms with Crippen LogP contribution in [-0.4, -0.2) is 17.8 Å². The lowest BCUT2D eigenvalue weighted by Gasteiger charge is -2.23. The van der Waals surface area contributed by atoms with E-state index < -0.39 is 6.10 Å². The molecule has 0 aromatic carbocycles. The van der Waals surface area contributed by atoms with Gasteiger partial charge in [0.15, 0.2) is 0 Å². The monoisotopic (exact) mass is 143 g/mol. The van der Waals surface area contributed by atoms with Gasteiger partial charge in [-0.25, -0.2) is 0 Å². The van der Waals surface area contributed by atoms with Crippen molar-refractivity contribution in [2.24, 2.45) is 10.5 Å². The molecule has 0 bridgehead atoms. The Hall–Kier alpha value is -0.730. The van der Waals surface area contributed by atoms with Gasteiger partial charge < -0.3 is 5.11 Å². The third-order valence-electron chi connectivity index (χ3n) is 1.32. The summed E-state index contributed by atoms with van der Waals surface area (Å²) in [4.78, 5) is 2.55. The molecule has 0 saturated heterocycles. The number of azide groups is 1. The fourth-order valence-electron chi connectivity index (χ4n) is 0.388. The highest BCUT2D eigenvalue weighted by molar-refractivity contribution is 4.74. The van der Waals surface area contributed by atoms with Crippen LogP contribution in [0.4, 0.5) is 0 Å². The Morgan fingerprint density at radius 2 is 2.10 bits per heavy atom. The summed E-state index contributed by atoms with van der Waals surface area (Å²) in [7, 11) is 0. The molecule has 10 heavy (non-hydrogen) atoms. The van der Waals surface area contributed by atoms with Crippen LogP contribution in [0.15, 0.2) is 5.11 Å². The maximum absolute atomic E-state index is 9.25. The summed E-state index contributed by atoms with van der Waals surface area (Å²) in [5, 5.41) is 12.5. The van der Waals surface area contributed by atoms with E-state index in [-0.39, 0.29) is 12.0 Å². The van der Waals surface area contributed by atoms with Gasteiger partial charge >= 0.3 is 0 Å². The fourth-order valence-corrected chi connectivity index (χ4v) is 0.388. The minimum atomic E-state index is -0.552.